The van der Waals surface area contributed by atoms with Crippen LogP contribution >= 0.6 is 0 Å². The molecule has 6 nitrogen and oxygen atoms in total. The summed E-state index contributed by atoms with van der Waals surface area (Å²) in [7, 11) is 1.58. The highest BCUT2D eigenvalue weighted by atomic mass is 16.5. The molecule has 0 aromatic heterocycles. The number of nitriles is 1. The Hall–Kier alpha value is -3.59. The van der Waals surface area contributed by atoms with Gasteiger partial charge in [-0.05, 0) is 48.4 Å². The standard InChI is InChI=1S/C21H20N2O4/c1-15(21(25)27-14-18-5-3-4-17(12-18)13-22)23-20(24)11-8-16-6-9-19(26-2)10-7-16/h3-12,15H,14H2,1-2H3,(H,23,24)/b11-8+/t15-/m0/s1. The van der Waals surface area contributed by atoms with E-state index in [-0.39, 0.29) is 6.61 Å². The molecule has 0 bridgehead atoms. The molecule has 0 spiro atoms. The lowest BCUT2D eigenvalue weighted by Gasteiger charge is -2.12. The van der Waals surface area contributed by atoms with E-state index in [9.17, 15) is 9.59 Å². The molecule has 0 aliphatic carbocycles. The fourth-order valence-electron chi connectivity index (χ4n) is 2.22. The molecule has 1 N–H and O–H groups in total. The second kappa shape index (κ2) is 9.78. The van der Waals surface area contributed by atoms with Gasteiger partial charge in [0.25, 0.3) is 0 Å². The van der Waals surface area contributed by atoms with Crippen molar-refractivity contribution in [3.8, 4) is 11.8 Å². The third-order valence-electron chi connectivity index (χ3n) is 3.69. The highest BCUT2D eigenvalue weighted by Crippen LogP contribution is 2.12. The maximum atomic E-state index is 12.0. The summed E-state index contributed by atoms with van der Waals surface area (Å²) < 4.78 is 10.2. The smallest absolute Gasteiger partial charge is 0.328 e. The first-order valence-electron chi connectivity index (χ1n) is 8.30. The molecule has 6 heteroatoms. The van der Waals surface area contributed by atoms with Crippen LogP contribution in [-0.2, 0) is 20.9 Å². The second-order valence-corrected chi connectivity index (χ2v) is 5.76. The van der Waals surface area contributed by atoms with Gasteiger partial charge in [-0.25, -0.2) is 4.79 Å². The number of hydrogen-bond donors (Lipinski definition) is 1. The van der Waals surface area contributed by atoms with Gasteiger partial charge in [-0.15, -0.1) is 0 Å². The average Bonchev–Trinajstić information content (AvgIpc) is 2.70. The molecule has 27 heavy (non-hydrogen) atoms. The van der Waals surface area contributed by atoms with E-state index in [1.54, 1.807) is 56.5 Å². The van der Waals surface area contributed by atoms with Crippen LogP contribution in [0.2, 0.25) is 0 Å². The van der Waals surface area contributed by atoms with Gasteiger partial charge in [0.1, 0.15) is 18.4 Å². The Balaban J connectivity index is 1.82. The zero-order chi connectivity index (χ0) is 19.6. The first-order chi connectivity index (χ1) is 13.0. The summed E-state index contributed by atoms with van der Waals surface area (Å²) in [6, 6.07) is 15.2. The summed E-state index contributed by atoms with van der Waals surface area (Å²) in [4.78, 5) is 24.0. The zero-order valence-electron chi connectivity index (χ0n) is 15.1. The number of esters is 1. The van der Waals surface area contributed by atoms with E-state index >= 15 is 0 Å². The van der Waals surface area contributed by atoms with Gasteiger partial charge in [0.15, 0.2) is 0 Å². The molecule has 0 fully saturated rings. The Morgan fingerprint density at radius 3 is 2.63 bits per heavy atom. The van der Waals surface area contributed by atoms with Crippen LogP contribution in [0.1, 0.15) is 23.6 Å². The van der Waals surface area contributed by atoms with E-state index in [4.69, 9.17) is 14.7 Å². The molecular formula is C21H20N2O4. The van der Waals surface area contributed by atoms with Crippen LogP contribution in [0, 0.1) is 11.3 Å². The highest BCUT2D eigenvalue weighted by molar-refractivity contribution is 5.94. The van der Waals surface area contributed by atoms with E-state index in [2.05, 4.69) is 5.32 Å². The number of ether oxygens (including phenoxy) is 2. The number of carbonyl (C=O) groups is 2. The minimum Gasteiger partial charge on any atom is -0.497 e. The Morgan fingerprint density at radius 1 is 1.22 bits per heavy atom. The number of nitrogens with one attached hydrogen (secondary N) is 1. The number of rotatable bonds is 7. The first kappa shape index (κ1) is 19.7. The molecule has 0 aliphatic rings. The van der Waals surface area contributed by atoms with Gasteiger partial charge in [0.2, 0.25) is 5.91 Å². The molecule has 2 aromatic carbocycles. The van der Waals surface area contributed by atoms with Crippen LogP contribution in [0.25, 0.3) is 6.08 Å². The summed E-state index contributed by atoms with van der Waals surface area (Å²) in [6.07, 6.45) is 2.99. The van der Waals surface area contributed by atoms with Crippen molar-refractivity contribution in [3.05, 3.63) is 71.3 Å². The van der Waals surface area contributed by atoms with Crippen LogP contribution in [0.3, 0.4) is 0 Å². The summed E-state index contributed by atoms with van der Waals surface area (Å²) >= 11 is 0. The number of amides is 1. The lowest BCUT2D eigenvalue weighted by Crippen LogP contribution is -2.38. The Labute approximate surface area is 158 Å². The maximum Gasteiger partial charge on any atom is 0.328 e. The van der Waals surface area contributed by atoms with Crippen molar-refractivity contribution in [3.63, 3.8) is 0 Å². The van der Waals surface area contributed by atoms with Crippen molar-refractivity contribution in [2.24, 2.45) is 0 Å². The van der Waals surface area contributed by atoms with Crippen LogP contribution in [0.15, 0.2) is 54.6 Å². The van der Waals surface area contributed by atoms with E-state index in [1.165, 1.54) is 6.08 Å². The van der Waals surface area contributed by atoms with Gasteiger partial charge in [-0.3, -0.25) is 4.79 Å². The second-order valence-electron chi connectivity index (χ2n) is 5.76. The van der Waals surface area contributed by atoms with Crippen LogP contribution < -0.4 is 10.1 Å². The predicted molar refractivity (Wildman–Crippen MR) is 101 cm³/mol. The van der Waals surface area contributed by atoms with Gasteiger partial charge < -0.3 is 14.8 Å². The minimum absolute atomic E-state index is 0.0379. The molecule has 0 aliphatic heterocycles. The summed E-state index contributed by atoms with van der Waals surface area (Å²) in [6.45, 7) is 1.59. The molecule has 0 saturated carbocycles. The summed E-state index contributed by atoms with van der Waals surface area (Å²) in [5.41, 5.74) is 2.03. The van der Waals surface area contributed by atoms with Gasteiger partial charge >= 0.3 is 5.97 Å². The van der Waals surface area contributed by atoms with E-state index in [1.807, 2.05) is 18.2 Å². The quantitative estimate of drug-likeness (QED) is 0.603. The Kier molecular flexibility index (Phi) is 7.15. The van der Waals surface area contributed by atoms with E-state index in [0.717, 1.165) is 11.3 Å². The maximum absolute atomic E-state index is 12.0. The van der Waals surface area contributed by atoms with Crippen LogP contribution in [0.5, 0.6) is 5.75 Å². The average molecular weight is 364 g/mol. The molecule has 0 saturated heterocycles. The lowest BCUT2D eigenvalue weighted by molar-refractivity contribution is -0.148. The number of methoxy groups -OCH3 is 1. The fraction of sp³-hybridized carbons (Fsp3) is 0.190. The zero-order valence-corrected chi connectivity index (χ0v) is 15.1. The molecule has 138 valence electrons. The van der Waals surface area contributed by atoms with Crippen molar-refractivity contribution in [2.75, 3.05) is 7.11 Å². The molecule has 2 rings (SSSR count). The van der Waals surface area contributed by atoms with Crippen LogP contribution in [-0.4, -0.2) is 25.0 Å². The first-order valence-corrected chi connectivity index (χ1v) is 8.30. The van der Waals surface area contributed by atoms with Gasteiger partial charge in [0.05, 0.1) is 18.7 Å². The van der Waals surface area contributed by atoms with Crippen molar-refractivity contribution < 1.29 is 19.1 Å². The molecule has 1 amide bonds. The SMILES string of the molecule is COc1ccc(/C=C/C(=O)N[C@@H](C)C(=O)OCc2cccc(C#N)c2)cc1. The third kappa shape index (κ3) is 6.33. The highest BCUT2D eigenvalue weighted by Gasteiger charge is 2.16. The number of nitrogens with zero attached hydrogens (tertiary/aromatic N) is 1. The number of hydrogen-bond acceptors (Lipinski definition) is 5. The van der Waals surface area contributed by atoms with E-state index < -0.39 is 17.9 Å². The van der Waals surface area contributed by atoms with Gasteiger partial charge in [-0.1, -0.05) is 24.3 Å². The van der Waals surface area contributed by atoms with Gasteiger partial charge in [-0.2, -0.15) is 5.26 Å². The fourth-order valence-corrected chi connectivity index (χ4v) is 2.22. The molecule has 0 unspecified atom stereocenters. The predicted octanol–water partition coefficient (Wildman–Crippen LogP) is 2.83. The van der Waals surface area contributed by atoms with Gasteiger partial charge in [0, 0.05) is 6.08 Å². The molecular weight excluding hydrogens is 344 g/mol. The minimum atomic E-state index is -0.794. The van der Waals surface area contributed by atoms with Crippen molar-refractivity contribution in [1.82, 2.24) is 5.32 Å². The summed E-state index contributed by atoms with van der Waals surface area (Å²) in [5, 5.41) is 11.4. The summed E-state index contributed by atoms with van der Waals surface area (Å²) in [5.74, 6) is -0.224. The lowest BCUT2D eigenvalue weighted by atomic mass is 10.1. The number of carbonyl (C=O) groups excluding carboxylic acids is 2. The van der Waals surface area contributed by atoms with Crippen molar-refractivity contribution in [2.45, 2.75) is 19.6 Å². The number of benzene rings is 2. The van der Waals surface area contributed by atoms with Crippen LogP contribution in [0.4, 0.5) is 0 Å². The molecule has 0 radical (unpaired) electrons. The van der Waals surface area contributed by atoms with Crippen molar-refractivity contribution in [1.29, 1.82) is 5.26 Å². The Bertz CT molecular complexity index is 866. The van der Waals surface area contributed by atoms with E-state index in [0.29, 0.717) is 11.1 Å². The normalized spacial score (nSPS) is 11.4. The monoisotopic (exact) mass is 364 g/mol. The molecule has 1 atom stereocenters. The Morgan fingerprint density at radius 2 is 1.96 bits per heavy atom. The van der Waals surface area contributed by atoms with Crippen molar-refractivity contribution >= 4 is 18.0 Å². The topological polar surface area (TPSA) is 88.4 Å². The largest absolute Gasteiger partial charge is 0.497 e. The molecule has 0 heterocycles. The third-order valence-corrected chi connectivity index (χ3v) is 3.69. The molecule has 2 aromatic rings.